The molecule has 0 rings (SSSR count). The Balaban J connectivity index is 3.10. The minimum atomic E-state index is 0.627. The molecule has 0 fully saturated rings. The second-order valence-corrected chi connectivity index (χ2v) is 1.50. The molecule has 0 aromatic rings. The molecule has 0 bridgehead atoms. The molecule has 41 valence electrons. The highest BCUT2D eigenvalue weighted by Crippen LogP contribution is 1.82. The summed E-state index contributed by atoms with van der Waals surface area (Å²) in [6, 6.07) is 0. The van der Waals surface area contributed by atoms with Crippen LogP contribution >= 0.6 is 27.5 Å². The van der Waals surface area contributed by atoms with Crippen LogP contribution in [-0.4, -0.2) is 0 Å². The summed E-state index contributed by atoms with van der Waals surface area (Å²) in [5, 5.41) is 2.23. The van der Waals surface area contributed by atoms with Crippen molar-refractivity contribution in [1.82, 2.24) is 0 Å². The Labute approximate surface area is 62.7 Å². The molecule has 8 heavy (non-hydrogen) atoms. The predicted molar refractivity (Wildman–Crippen MR) is 39.2 cm³/mol. The topological polar surface area (TPSA) is 0 Å². The zero-order chi connectivity index (χ0) is 6.24. The van der Waals surface area contributed by atoms with E-state index in [4.69, 9.17) is 11.6 Å². The van der Waals surface area contributed by atoms with Crippen molar-refractivity contribution >= 4 is 27.5 Å². The SMILES string of the molecule is ClC#CC[CH]C#CBr. The summed E-state index contributed by atoms with van der Waals surface area (Å²) in [6.07, 6.45) is 2.35. The van der Waals surface area contributed by atoms with E-state index in [0.717, 1.165) is 0 Å². The molecule has 0 aliphatic heterocycles. The summed E-state index contributed by atoms with van der Waals surface area (Å²) in [5.74, 6) is 5.28. The fraction of sp³-hybridized carbons (Fsp3) is 0.167. The Kier molecular flexibility index (Phi) is 6.80. The van der Waals surface area contributed by atoms with E-state index in [9.17, 15) is 0 Å². The van der Waals surface area contributed by atoms with Gasteiger partial charge in [-0.15, -0.1) is 0 Å². The molecule has 0 spiro atoms. The molecule has 0 heterocycles. The minimum Gasteiger partial charge on any atom is -0.0850 e. The lowest BCUT2D eigenvalue weighted by atomic mass is 10.3. The van der Waals surface area contributed by atoms with E-state index in [1.54, 1.807) is 6.42 Å². The Morgan fingerprint density at radius 1 is 1.62 bits per heavy atom. The van der Waals surface area contributed by atoms with Crippen LogP contribution in [0, 0.1) is 28.5 Å². The third-order valence-corrected chi connectivity index (χ3v) is 0.790. The van der Waals surface area contributed by atoms with Crippen LogP contribution in [-0.2, 0) is 0 Å². The van der Waals surface area contributed by atoms with Gasteiger partial charge >= 0.3 is 0 Å². The largest absolute Gasteiger partial charge is 0.0850 e. The highest BCUT2D eigenvalue weighted by Gasteiger charge is 1.71. The van der Waals surface area contributed by atoms with Crippen molar-refractivity contribution in [2.24, 2.45) is 0 Å². The first kappa shape index (κ1) is 7.89. The molecule has 0 amide bonds. The van der Waals surface area contributed by atoms with Gasteiger partial charge < -0.3 is 0 Å². The van der Waals surface area contributed by atoms with Crippen molar-refractivity contribution < 1.29 is 0 Å². The van der Waals surface area contributed by atoms with Crippen LogP contribution in [0.1, 0.15) is 6.42 Å². The molecule has 0 aromatic carbocycles. The monoisotopic (exact) mass is 189 g/mol. The first-order chi connectivity index (χ1) is 3.91. The summed E-state index contributed by atoms with van der Waals surface area (Å²) in [5.41, 5.74) is 0. The maximum atomic E-state index is 5.04. The van der Waals surface area contributed by atoms with Crippen molar-refractivity contribution in [2.45, 2.75) is 6.42 Å². The third-order valence-electron chi connectivity index (χ3n) is 0.428. The third kappa shape index (κ3) is 5.89. The minimum absolute atomic E-state index is 0.627. The first-order valence-corrected chi connectivity index (χ1v) is 3.10. The van der Waals surface area contributed by atoms with Gasteiger partial charge in [-0.05, 0) is 16.4 Å². The molecule has 0 saturated heterocycles. The lowest BCUT2D eigenvalue weighted by Crippen LogP contribution is -1.63. The molecular formula is C6H3BrCl. The van der Waals surface area contributed by atoms with E-state index in [1.165, 1.54) is 0 Å². The molecule has 0 nitrogen and oxygen atoms in total. The van der Waals surface area contributed by atoms with E-state index in [2.05, 4.69) is 38.0 Å². The summed E-state index contributed by atoms with van der Waals surface area (Å²) < 4.78 is 0. The van der Waals surface area contributed by atoms with Gasteiger partial charge in [-0.3, -0.25) is 0 Å². The smallest absolute Gasteiger partial charge is 0.0468 e. The highest BCUT2D eigenvalue weighted by atomic mass is 79.9. The van der Waals surface area contributed by atoms with Gasteiger partial charge in [0.15, 0.2) is 0 Å². The van der Waals surface area contributed by atoms with Gasteiger partial charge in [-0.25, -0.2) is 0 Å². The molecule has 0 unspecified atom stereocenters. The van der Waals surface area contributed by atoms with Crippen molar-refractivity contribution in [3.63, 3.8) is 0 Å². The van der Waals surface area contributed by atoms with Crippen LogP contribution in [0.5, 0.6) is 0 Å². The van der Waals surface area contributed by atoms with Gasteiger partial charge in [0.05, 0.1) is 0 Å². The molecule has 0 saturated carbocycles. The maximum Gasteiger partial charge on any atom is 0.0468 e. The number of unbranched alkanes of at least 4 members (excludes halogenated alkanes) is 1. The van der Waals surface area contributed by atoms with E-state index >= 15 is 0 Å². The number of halogens is 2. The van der Waals surface area contributed by atoms with Crippen LogP contribution in [0.2, 0.25) is 0 Å². The van der Waals surface area contributed by atoms with Gasteiger partial charge in [-0.2, -0.15) is 0 Å². The average molecular weight is 190 g/mol. The molecule has 0 N–H and O–H groups in total. The van der Waals surface area contributed by atoms with Gasteiger partial charge in [0.2, 0.25) is 0 Å². The van der Waals surface area contributed by atoms with Gasteiger partial charge in [0, 0.05) is 34.2 Å². The van der Waals surface area contributed by atoms with Crippen molar-refractivity contribution in [3.05, 3.63) is 6.42 Å². The maximum absolute atomic E-state index is 5.04. The lowest BCUT2D eigenvalue weighted by Gasteiger charge is -1.71. The Morgan fingerprint density at radius 3 is 2.88 bits per heavy atom. The molecule has 1 radical (unpaired) electrons. The standard InChI is InChI=1S/C6H3BrCl/c7-5-3-1-2-4-6-8/h1H,2H2. The van der Waals surface area contributed by atoms with Crippen LogP contribution in [0.15, 0.2) is 0 Å². The summed E-state index contributed by atoms with van der Waals surface area (Å²) in [4.78, 5) is 2.52. The number of hydrogen-bond acceptors (Lipinski definition) is 0. The fourth-order valence-corrected chi connectivity index (χ4v) is 0.418. The van der Waals surface area contributed by atoms with E-state index < -0.39 is 0 Å². The lowest BCUT2D eigenvalue weighted by molar-refractivity contribution is 1.38. The zero-order valence-electron chi connectivity index (χ0n) is 4.04. The van der Waals surface area contributed by atoms with Crippen LogP contribution < -0.4 is 0 Å². The van der Waals surface area contributed by atoms with Crippen LogP contribution in [0.4, 0.5) is 0 Å². The number of rotatable bonds is 1. The molecule has 2 heteroatoms. The highest BCUT2D eigenvalue weighted by molar-refractivity contribution is 9.12. The molecule has 0 aliphatic rings. The molecular weight excluding hydrogens is 187 g/mol. The molecule has 0 atom stereocenters. The Bertz CT molecular complexity index is 133. The van der Waals surface area contributed by atoms with E-state index in [1.807, 2.05) is 0 Å². The summed E-state index contributed by atoms with van der Waals surface area (Å²) in [6.45, 7) is 0. The van der Waals surface area contributed by atoms with E-state index in [-0.39, 0.29) is 0 Å². The zero-order valence-corrected chi connectivity index (χ0v) is 6.38. The molecule has 0 aliphatic carbocycles. The Morgan fingerprint density at radius 2 is 2.38 bits per heavy atom. The second-order valence-electron chi connectivity index (χ2n) is 0.918. The van der Waals surface area contributed by atoms with Crippen molar-refractivity contribution in [1.29, 1.82) is 0 Å². The predicted octanol–water partition coefficient (Wildman–Crippen LogP) is 2.14. The average Bonchev–Trinajstić information content (AvgIpc) is 1.81. The normalized spacial score (nSPS) is 5.75. The Hall–Kier alpha value is -0.110. The van der Waals surface area contributed by atoms with Crippen LogP contribution in [0.25, 0.3) is 0 Å². The molecule has 0 aromatic heterocycles. The van der Waals surface area contributed by atoms with Crippen molar-refractivity contribution in [3.8, 4) is 22.1 Å². The number of hydrogen-bond donors (Lipinski definition) is 0. The summed E-state index contributed by atoms with van der Waals surface area (Å²) in [7, 11) is 0. The van der Waals surface area contributed by atoms with Gasteiger partial charge in [-0.1, -0.05) is 11.8 Å². The quantitative estimate of drug-likeness (QED) is 0.439. The van der Waals surface area contributed by atoms with Crippen LogP contribution in [0.3, 0.4) is 0 Å². The second kappa shape index (κ2) is 6.89. The van der Waals surface area contributed by atoms with Gasteiger partial charge in [0.1, 0.15) is 0 Å². The van der Waals surface area contributed by atoms with Gasteiger partial charge in [0.25, 0.3) is 0 Å². The van der Waals surface area contributed by atoms with Crippen molar-refractivity contribution in [2.75, 3.05) is 0 Å². The fourth-order valence-electron chi connectivity index (χ4n) is 0.179. The van der Waals surface area contributed by atoms with E-state index in [0.29, 0.717) is 6.42 Å². The summed E-state index contributed by atoms with van der Waals surface area (Å²) >= 11 is 7.97. The first-order valence-electron chi connectivity index (χ1n) is 1.93.